The molecule has 174 valence electrons. The van der Waals surface area contributed by atoms with E-state index in [9.17, 15) is 4.79 Å². The number of nitrogens with zero attached hydrogens (tertiary/aromatic N) is 3. The predicted molar refractivity (Wildman–Crippen MR) is 114 cm³/mol. The van der Waals surface area contributed by atoms with Crippen LogP contribution < -0.4 is 4.90 Å². The summed E-state index contributed by atoms with van der Waals surface area (Å²) in [6.45, 7) is -0.737. The lowest BCUT2D eigenvalue weighted by Gasteiger charge is -2.26. The third kappa shape index (κ3) is 14.7. The molecule has 0 atom stereocenters. The van der Waals surface area contributed by atoms with Gasteiger partial charge in [0.2, 0.25) is 7.59 Å². The van der Waals surface area contributed by atoms with E-state index < -0.39 is 32.6 Å². The van der Waals surface area contributed by atoms with Crippen molar-refractivity contribution in [2.75, 3.05) is 18.1 Å². The summed E-state index contributed by atoms with van der Waals surface area (Å²) in [7, 11) is 0. The first-order chi connectivity index (χ1) is 14.0. The molecule has 12 nitrogen and oxygen atoms in total. The van der Waals surface area contributed by atoms with Crippen LogP contribution in [-0.4, -0.2) is 75.0 Å². The van der Waals surface area contributed by atoms with Gasteiger partial charge in [0.25, 0.3) is 0 Å². The highest BCUT2D eigenvalue weighted by molar-refractivity contribution is 6.68. The molecule has 0 fully saturated rings. The van der Waals surface area contributed by atoms with E-state index in [2.05, 4.69) is 15.4 Å². The number of ether oxygens (including phenoxy) is 1. The van der Waals surface area contributed by atoms with E-state index >= 15 is 0 Å². The Kier molecular flexibility index (Phi) is 12.1. The van der Waals surface area contributed by atoms with Crippen LogP contribution in [0, 0.1) is 0 Å². The summed E-state index contributed by atoms with van der Waals surface area (Å²) >= 11 is 34.0. The summed E-state index contributed by atoms with van der Waals surface area (Å²) in [5, 5.41) is 38.1. The Morgan fingerprint density at radius 2 is 1.48 bits per heavy atom. The minimum absolute atomic E-state index is 0.278. The van der Waals surface area contributed by atoms with Crippen molar-refractivity contribution in [3.8, 4) is 0 Å². The maximum absolute atomic E-state index is 12.3. The number of aromatic nitrogens is 3. The lowest BCUT2D eigenvalue weighted by atomic mass is 10.2. The van der Waals surface area contributed by atoms with Gasteiger partial charge in [-0.3, -0.25) is 10.00 Å². The second kappa shape index (κ2) is 12.9. The van der Waals surface area contributed by atoms with Crippen LogP contribution in [0.5, 0.6) is 0 Å². The maximum Gasteiger partial charge on any atom is 0.503 e. The van der Waals surface area contributed by atoms with Gasteiger partial charge in [0.15, 0.2) is 0 Å². The number of halogens is 6. The molecule has 0 spiro atoms. The second-order valence-corrected chi connectivity index (χ2v) is 9.98. The molecule has 0 aliphatic carbocycles. The van der Waals surface area contributed by atoms with Crippen LogP contribution in [0.25, 0.3) is 11.0 Å². The van der Waals surface area contributed by atoms with Crippen molar-refractivity contribution in [3.63, 3.8) is 0 Å². The van der Waals surface area contributed by atoms with Crippen molar-refractivity contribution in [3.05, 3.63) is 18.2 Å². The van der Waals surface area contributed by atoms with Gasteiger partial charge in [-0.2, -0.15) is 0 Å². The summed E-state index contributed by atoms with van der Waals surface area (Å²) in [6.07, 6.45) is -4.51. The fraction of sp³-hybridized carbons (Fsp3) is 0.308. The fourth-order valence-electron chi connectivity index (χ4n) is 1.66. The molecule has 1 amide bonds. The molecule has 0 radical (unpaired) electrons. The van der Waals surface area contributed by atoms with E-state index in [1.807, 2.05) is 0 Å². The Morgan fingerprint density at radius 1 is 0.968 bits per heavy atom. The molecule has 0 unspecified atom stereocenters. The van der Waals surface area contributed by atoms with E-state index in [1.165, 1.54) is 0 Å². The Hall–Kier alpha value is -1.83. The van der Waals surface area contributed by atoms with Crippen LogP contribution in [0.4, 0.5) is 20.1 Å². The third-order valence-corrected chi connectivity index (χ3v) is 3.22. The number of rotatable bonds is 3. The van der Waals surface area contributed by atoms with Gasteiger partial charge >= 0.3 is 18.4 Å². The highest BCUT2D eigenvalue weighted by Crippen LogP contribution is 2.31. The molecule has 5 N–H and O–H groups in total. The summed E-state index contributed by atoms with van der Waals surface area (Å²) in [6, 6.07) is 4.85. The fourth-order valence-corrected chi connectivity index (χ4v) is 2.18. The smallest absolute Gasteiger partial charge is 0.450 e. The standard InChI is InChI=1S/C11H8Cl6N4O2.2CH2O3/c12-10(13,14)4-21(9(22)23-5-11(15,16)17)6-1-2-7-8(3-6)19-20-18-7;2*2-1(3)4/h1-3H,4-5H2,(H,18,19,20);2*(H2,2,3,4). The highest BCUT2D eigenvalue weighted by atomic mass is 35.6. The monoisotopic (exact) mass is 562 g/mol. The van der Waals surface area contributed by atoms with E-state index in [-0.39, 0.29) is 6.54 Å². The SMILES string of the molecule is O=C(O)O.O=C(O)O.O=C(OCC(Cl)(Cl)Cl)N(CC(Cl)(Cl)Cl)c1ccc2[nH]nnc2c1. The molecule has 1 heterocycles. The van der Waals surface area contributed by atoms with Gasteiger partial charge in [-0.05, 0) is 18.2 Å². The highest BCUT2D eigenvalue weighted by Gasteiger charge is 2.31. The molecule has 0 aliphatic heterocycles. The van der Waals surface area contributed by atoms with Crippen molar-refractivity contribution in [1.29, 1.82) is 0 Å². The third-order valence-electron chi connectivity index (χ3n) is 2.54. The molecule has 0 saturated carbocycles. The molecule has 1 aromatic heterocycles. The van der Waals surface area contributed by atoms with Crippen molar-refractivity contribution >= 4 is 105 Å². The van der Waals surface area contributed by atoms with Gasteiger partial charge < -0.3 is 25.2 Å². The van der Waals surface area contributed by atoms with E-state index in [4.69, 9.17) is 104 Å². The van der Waals surface area contributed by atoms with Crippen molar-refractivity contribution < 1.29 is 39.5 Å². The Labute approximate surface area is 203 Å². The van der Waals surface area contributed by atoms with Gasteiger partial charge in [0, 0.05) is 5.69 Å². The first-order valence-corrected chi connectivity index (χ1v) is 9.51. The summed E-state index contributed by atoms with van der Waals surface area (Å²) in [5.74, 6) is 0. The molecular weight excluding hydrogens is 553 g/mol. The van der Waals surface area contributed by atoms with Gasteiger partial charge in [-0.1, -0.05) is 74.8 Å². The predicted octanol–water partition coefficient (Wildman–Crippen LogP) is 5.09. The molecule has 0 bridgehead atoms. The number of hydrogen-bond acceptors (Lipinski definition) is 6. The Morgan fingerprint density at radius 3 is 1.94 bits per heavy atom. The maximum atomic E-state index is 12.3. The molecule has 18 heteroatoms. The Balaban J connectivity index is 0.000000967. The summed E-state index contributed by atoms with van der Waals surface area (Å²) in [5.41, 5.74) is 1.58. The zero-order valence-electron chi connectivity index (χ0n) is 14.7. The number of H-pyrrole nitrogens is 1. The van der Waals surface area contributed by atoms with Gasteiger partial charge in [-0.15, -0.1) is 5.10 Å². The van der Waals surface area contributed by atoms with Crippen LogP contribution in [0.1, 0.15) is 0 Å². The van der Waals surface area contributed by atoms with Crippen LogP contribution >= 0.6 is 69.6 Å². The van der Waals surface area contributed by atoms with E-state index in [1.54, 1.807) is 18.2 Å². The number of carbonyl (C=O) groups is 3. The van der Waals surface area contributed by atoms with E-state index in [0.29, 0.717) is 16.7 Å². The topological polar surface area (TPSA) is 186 Å². The molecule has 0 aliphatic rings. The second-order valence-electron chi connectivity index (χ2n) is 4.95. The molecule has 1 aromatic carbocycles. The quantitative estimate of drug-likeness (QED) is 0.314. The number of alkyl halides is 6. The lowest BCUT2D eigenvalue weighted by Crippen LogP contribution is -2.39. The van der Waals surface area contributed by atoms with Gasteiger partial charge in [0.05, 0.1) is 12.1 Å². The van der Waals surface area contributed by atoms with Gasteiger partial charge in [0.1, 0.15) is 12.1 Å². The first kappa shape index (κ1) is 29.2. The normalized spacial score (nSPS) is 10.8. The average molecular weight is 565 g/mol. The number of fused-ring (bicyclic) bond motifs is 1. The number of amides is 1. The summed E-state index contributed by atoms with van der Waals surface area (Å²) < 4.78 is 1.44. The summed E-state index contributed by atoms with van der Waals surface area (Å²) in [4.78, 5) is 30.5. The van der Waals surface area contributed by atoms with Crippen LogP contribution in [0.15, 0.2) is 18.2 Å². The van der Waals surface area contributed by atoms with Gasteiger partial charge in [-0.25, -0.2) is 14.4 Å². The Bertz CT molecular complexity index is 865. The van der Waals surface area contributed by atoms with Crippen LogP contribution in [-0.2, 0) is 4.74 Å². The number of benzene rings is 1. The minimum atomic E-state index is -1.83. The lowest BCUT2D eigenvalue weighted by molar-refractivity contribution is 0.135. The largest absolute Gasteiger partial charge is 0.503 e. The van der Waals surface area contributed by atoms with Crippen LogP contribution in [0.2, 0.25) is 0 Å². The van der Waals surface area contributed by atoms with E-state index in [0.717, 1.165) is 4.90 Å². The number of nitrogens with one attached hydrogen (secondary N) is 1. The number of carboxylic acid groups (broad SMARTS) is 4. The number of carbonyl (C=O) groups excluding carboxylic acids is 1. The van der Waals surface area contributed by atoms with Crippen molar-refractivity contribution in [2.45, 2.75) is 7.59 Å². The first-order valence-electron chi connectivity index (χ1n) is 7.24. The number of anilines is 1. The van der Waals surface area contributed by atoms with Crippen molar-refractivity contribution in [1.82, 2.24) is 15.4 Å². The molecule has 2 rings (SSSR count). The minimum Gasteiger partial charge on any atom is -0.450 e. The molecule has 31 heavy (non-hydrogen) atoms. The molecular formula is C13H12Cl6N4O8. The van der Waals surface area contributed by atoms with Crippen LogP contribution in [0.3, 0.4) is 0 Å². The zero-order chi connectivity index (χ0) is 24.4. The number of aromatic amines is 1. The number of hydrogen-bond donors (Lipinski definition) is 5. The zero-order valence-corrected chi connectivity index (χ0v) is 19.2. The molecule has 2 aromatic rings. The molecule has 0 saturated heterocycles. The average Bonchev–Trinajstić information content (AvgIpc) is 3.02. The van der Waals surface area contributed by atoms with Crippen molar-refractivity contribution in [2.24, 2.45) is 0 Å².